The Balaban J connectivity index is 1.96. The molecule has 0 amide bonds. The molecular formula is C22H15F4N3O6. The van der Waals surface area contributed by atoms with Crippen LogP contribution in [0.25, 0.3) is 27.9 Å². The first-order valence-corrected chi connectivity index (χ1v) is 9.83. The summed E-state index contributed by atoms with van der Waals surface area (Å²) in [5, 5.41) is 12.9. The molecule has 0 spiro atoms. The Morgan fingerprint density at radius 1 is 1.17 bits per heavy atom. The maximum absolute atomic E-state index is 14.9. The summed E-state index contributed by atoms with van der Waals surface area (Å²) < 4.78 is 65.3. The van der Waals surface area contributed by atoms with Gasteiger partial charge in [0.25, 0.3) is 5.56 Å². The molecule has 0 saturated heterocycles. The van der Waals surface area contributed by atoms with Gasteiger partial charge in [0.2, 0.25) is 0 Å². The van der Waals surface area contributed by atoms with Crippen LogP contribution in [0.5, 0.6) is 5.75 Å². The van der Waals surface area contributed by atoms with Gasteiger partial charge in [0.05, 0.1) is 11.1 Å². The number of halogens is 4. The Morgan fingerprint density at radius 3 is 2.54 bits per heavy atom. The lowest BCUT2D eigenvalue weighted by Crippen LogP contribution is -2.41. The maximum atomic E-state index is 14.9. The van der Waals surface area contributed by atoms with Crippen molar-refractivity contribution in [1.29, 1.82) is 0 Å². The number of rotatable bonds is 5. The van der Waals surface area contributed by atoms with E-state index in [9.17, 15) is 31.9 Å². The number of nitrogens with zero attached hydrogens (tertiary/aromatic N) is 3. The summed E-state index contributed by atoms with van der Waals surface area (Å²) in [5.41, 5.74) is -3.94. The van der Waals surface area contributed by atoms with Gasteiger partial charge in [-0.25, -0.2) is 18.5 Å². The number of aliphatic carboxylic acids is 1. The number of benzene rings is 2. The van der Waals surface area contributed by atoms with E-state index in [1.54, 1.807) is 19.1 Å². The summed E-state index contributed by atoms with van der Waals surface area (Å²) in [7, 11) is 0.807. The van der Waals surface area contributed by atoms with E-state index in [2.05, 4.69) is 5.16 Å². The van der Waals surface area contributed by atoms with Crippen molar-refractivity contribution in [2.75, 3.05) is 6.61 Å². The highest BCUT2D eigenvalue weighted by molar-refractivity contribution is 5.94. The lowest BCUT2D eigenvalue weighted by molar-refractivity contribution is -0.144. The summed E-state index contributed by atoms with van der Waals surface area (Å²) in [6, 6.07) is 6.81. The van der Waals surface area contributed by atoms with Crippen LogP contribution in [0.1, 0.15) is 11.3 Å². The van der Waals surface area contributed by atoms with E-state index in [1.165, 1.54) is 6.07 Å². The molecule has 0 unspecified atom stereocenters. The molecule has 1 N–H and O–H groups in total. The van der Waals surface area contributed by atoms with Crippen LogP contribution in [0.2, 0.25) is 0 Å². The SMILES string of the molecule is Cc1ccc(OCC(=O)O)c(-c2noc3cc(F)c(-n4c(=O)cc(C(F)(F)F)n(C)c4=O)cc23)c1. The average molecular weight is 493 g/mol. The van der Waals surface area contributed by atoms with Crippen LogP contribution in [0.15, 0.2) is 50.5 Å². The average Bonchev–Trinajstić information content (AvgIpc) is 3.17. The first-order valence-electron chi connectivity index (χ1n) is 9.83. The summed E-state index contributed by atoms with van der Waals surface area (Å²) in [5.74, 6) is -2.24. The van der Waals surface area contributed by atoms with Gasteiger partial charge in [-0.2, -0.15) is 13.2 Å². The molecule has 0 saturated carbocycles. The van der Waals surface area contributed by atoms with Gasteiger partial charge in [0, 0.05) is 24.7 Å². The zero-order chi connectivity index (χ0) is 25.7. The molecule has 0 bridgehead atoms. The van der Waals surface area contributed by atoms with E-state index in [-0.39, 0.29) is 43.2 Å². The lowest BCUT2D eigenvalue weighted by Gasteiger charge is -2.14. The number of hydrogen-bond acceptors (Lipinski definition) is 6. The molecule has 2 heterocycles. The minimum Gasteiger partial charge on any atom is -0.481 e. The number of fused-ring (bicyclic) bond motifs is 1. The summed E-state index contributed by atoms with van der Waals surface area (Å²) in [4.78, 5) is 36.0. The predicted molar refractivity (Wildman–Crippen MR) is 113 cm³/mol. The maximum Gasteiger partial charge on any atom is 0.431 e. The third-order valence-electron chi connectivity index (χ3n) is 5.13. The van der Waals surface area contributed by atoms with Gasteiger partial charge in [-0.3, -0.25) is 9.36 Å². The normalized spacial score (nSPS) is 11.7. The van der Waals surface area contributed by atoms with Crippen molar-refractivity contribution in [3.8, 4) is 22.7 Å². The second-order valence-electron chi connectivity index (χ2n) is 7.56. The first kappa shape index (κ1) is 23.7. The largest absolute Gasteiger partial charge is 0.481 e. The molecule has 9 nitrogen and oxygen atoms in total. The quantitative estimate of drug-likeness (QED) is 0.424. The van der Waals surface area contributed by atoms with Gasteiger partial charge >= 0.3 is 17.8 Å². The van der Waals surface area contributed by atoms with Crippen molar-refractivity contribution in [2.45, 2.75) is 13.1 Å². The zero-order valence-electron chi connectivity index (χ0n) is 18.0. The van der Waals surface area contributed by atoms with Gasteiger partial charge in [-0.05, 0) is 25.1 Å². The third-order valence-corrected chi connectivity index (χ3v) is 5.13. The number of aryl methyl sites for hydroxylation is 1. The molecule has 0 aliphatic heterocycles. The van der Waals surface area contributed by atoms with Crippen LogP contribution in [0, 0.1) is 12.7 Å². The Morgan fingerprint density at radius 2 is 1.89 bits per heavy atom. The van der Waals surface area contributed by atoms with E-state index >= 15 is 0 Å². The van der Waals surface area contributed by atoms with Gasteiger partial charge < -0.3 is 14.4 Å². The number of carboxylic acid groups (broad SMARTS) is 1. The van der Waals surface area contributed by atoms with Crippen LogP contribution < -0.4 is 16.0 Å². The molecule has 2 aromatic carbocycles. The van der Waals surface area contributed by atoms with E-state index in [4.69, 9.17) is 14.4 Å². The number of ether oxygens (including phenoxy) is 1. The monoisotopic (exact) mass is 493 g/mol. The Bertz CT molecular complexity index is 1600. The van der Waals surface area contributed by atoms with Crippen molar-refractivity contribution in [3.63, 3.8) is 0 Å². The molecule has 0 fully saturated rings. The van der Waals surface area contributed by atoms with Crippen molar-refractivity contribution in [1.82, 2.24) is 14.3 Å². The van der Waals surface area contributed by atoms with Crippen molar-refractivity contribution < 1.29 is 36.7 Å². The third kappa shape index (κ3) is 4.27. The first-order chi connectivity index (χ1) is 16.4. The minimum absolute atomic E-state index is 0.0714. The Hall–Kier alpha value is -4.42. The van der Waals surface area contributed by atoms with Gasteiger partial charge in [0.1, 0.15) is 17.1 Å². The highest BCUT2D eigenvalue weighted by Gasteiger charge is 2.35. The molecule has 2 aromatic heterocycles. The fraction of sp³-hybridized carbons (Fsp3) is 0.182. The molecule has 0 radical (unpaired) electrons. The van der Waals surface area contributed by atoms with Crippen molar-refractivity contribution in [2.24, 2.45) is 7.05 Å². The van der Waals surface area contributed by atoms with Crippen LogP contribution in [-0.4, -0.2) is 32.0 Å². The van der Waals surface area contributed by atoms with E-state index in [0.717, 1.165) is 24.7 Å². The second kappa shape index (κ2) is 8.42. The predicted octanol–water partition coefficient (Wildman–Crippen LogP) is 3.27. The fourth-order valence-electron chi connectivity index (χ4n) is 3.53. The standard InChI is InChI=1S/C22H15F4N3O6/c1-10-3-4-15(34-9-19(31)32)11(5-10)20-12-6-14(13(23)7-16(12)35-27-20)29-18(30)8-17(22(24,25)26)28(2)21(29)33/h3-8H,9H2,1-2H3,(H,31,32). The molecular weight excluding hydrogens is 478 g/mol. The van der Waals surface area contributed by atoms with Gasteiger partial charge in [-0.1, -0.05) is 16.8 Å². The highest BCUT2D eigenvalue weighted by atomic mass is 19.4. The minimum atomic E-state index is -4.98. The van der Waals surface area contributed by atoms with Crippen LogP contribution in [-0.2, 0) is 18.0 Å². The van der Waals surface area contributed by atoms with E-state index < -0.39 is 47.2 Å². The molecule has 0 atom stereocenters. The molecule has 0 aliphatic rings. The number of hydrogen-bond donors (Lipinski definition) is 1. The van der Waals surface area contributed by atoms with Crippen LogP contribution in [0.4, 0.5) is 17.6 Å². The molecule has 4 aromatic rings. The summed E-state index contributed by atoms with van der Waals surface area (Å²) in [6.45, 7) is 1.08. The fourth-order valence-corrected chi connectivity index (χ4v) is 3.53. The smallest absolute Gasteiger partial charge is 0.431 e. The van der Waals surface area contributed by atoms with E-state index in [1.807, 2.05) is 0 Å². The van der Waals surface area contributed by atoms with Crippen LogP contribution >= 0.6 is 0 Å². The van der Waals surface area contributed by atoms with Crippen molar-refractivity contribution >= 4 is 16.9 Å². The molecule has 13 heteroatoms. The second-order valence-corrected chi connectivity index (χ2v) is 7.56. The zero-order valence-corrected chi connectivity index (χ0v) is 18.0. The van der Waals surface area contributed by atoms with Crippen LogP contribution in [0.3, 0.4) is 0 Å². The summed E-state index contributed by atoms with van der Waals surface area (Å²) >= 11 is 0. The number of carboxylic acids is 1. The number of carbonyl (C=O) groups is 1. The Labute approximate surface area is 192 Å². The number of aromatic nitrogens is 3. The summed E-state index contributed by atoms with van der Waals surface area (Å²) in [6.07, 6.45) is -4.98. The van der Waals surface area contributed by atoms with Crippen molar-refractivity contribution in [3.05, 3.63) is 74.3 Å². The Kier molecular flexibility index (Phi) is 5.71. The lowest BCUT2D eigenvalue weighted by atomic mass is 10.0. The van der Waals surface area contributed by atoms with E-state index in [0.29, 0.717) is 0 Å². The molecule has 182 valence electrons. The highest BCUT2D eigenvalue weighted by Crippen LogP contribution is 2.36. The van der Waals surface area contributed by atoms with Gasteiger partial charge in [0.15, 0.2) is 18.0 Å². The molecule has 0 aliphatic carbocycles. The molecule has 35 heavy (non-hydrogen) atoms. The van der Waals surface area contributed by atoms with Gasteiger partial charge in [-0.15, -0.1) is 0 Å². The number of alkyl halides is 3. The topological polar surface area (TPSA) is 117 Å². The molecule has 4 rings (SSSR count).